The van der Waals surface area contributed by atoms with E-state index in [1.54, 1.807) is 19.1 Å². The lowest BCUT2D eigenvalue weighted by atomic mass is 10.3. The van der Waals surface area contributed by atoms with Gasteiger partial charge in [-0.25, -0.2) is 9.36 Å². The number of hydrogen-bond acceptors (Lipinski definition) is 2. The van der Waals surface area contributed by atoms with Crippen LogP contribution in [0, 0.1) is 0 Å². The number of aromatic nitrogens is 1. The molecule has 0 unspecified atom stereocenters. The van der Waals surface area contributed by atoms with Crippen LogP contribution in [0.15, 0.2) is 24.5 Å². The zero-order valence-electron chi connectivity index (χ0n) is 7.66. The number of carbonyl (C=O) groups excluding carboxylic acids is 1. The molecule has 1 aromatic heterocycles. The van der Waals surface area contributed by atoms with E-state index >= 15 is 0 Å². The maximum absolute atomic E-state index is 11.1. The highest BCUT2D eigenvalue weighted by Gasteiger charge is 2.06. The van der Waals surface area contributed by atoms with Crippen molar-refractivity contribution < 1.29 is 26.5 Å². The normalized spacial score (nSPS) is 8.77. The Morgan fingerprint density at radius 3 is 2.46 bits per heavy atom. The van der Waals surface area contributed by atoms with E-state index in [9.17, 15) is 4.79 Å². The molecule has 0 N–H and O–H groups in total. The summed E-state index contributed by atoms with van der Waals surface area (Å²) in [5, 5.41) is 0. The van der Waals surface area contributed by atoms with E-state index in [1.165, 1.54) is 0 Å². The van der Waals surface area contributed by atoms with E-state index < -0.39 is 0 Å². The first-order chi connectivity index (χ1) is 5.74. The smallest absolute Gasteiger partial charge is 0.338 e. The average Bonchev–Trinajstić information content (AvgIpc) is 2.06. The predicted octanol–water partition coefficient (Wildman–Crippen LogP) is -2.31. The Kier molecular flexibility index (Phi) is 5.07. The van der Waals surface area contributed by atoms with Gasteiger partial charge in [0, 0.05) is 12.1 Å². The Hall–Kier alpha value is -1.09. The topological polar surface area (TPSA) is 30.2 Å². The monoisotopic (exact) mass is 201 g/mol. The maximum atomic E-state index is 11.1. The molecule has 4 heteroatoms. The summed E-state index contributed by atoms with van der Waals surface area (Å²) in [7, 11) is 1.90. The predicted molar refractivity (Wildman–Crippen MR) is 43.6 cm³/mol. The molecule has 0 aliphatic heterocycles. The van der Waals surface area contributed by atoms with Gasteiger partial charge in [0.15, 0.2) is 12.4 Å². The van der Waals surface area contributed by atoms with Gasteiger partial charge in [0.25, 0.3) is 0 Å². The van der Waals surface area contributed by atoms with Crippen molar-refractivity contribution in [3.8, 4) is 0 Å². The van der Waals surface area contributed by atoms with Gasteiger partial charge in [-0.15, -0.1) is 0 Å². The number of esters is 1. The van der Waals surface area contributed by atoms with Crippen LogP contribution >= 0.6 is 0 Å². The molecule has 1 heterocycles. The van der Waals surface area contributed by atoms with Crippen molar-refractivity contribution in [3.05, 3.63) is 30.1 Å². The molecule has 1 rings (SSSR count). The summed E-state index contributed by atoms with van der Waals surface area (Å²) >= 11 is 0. The zero-order chi connectivity index (χ0) is 8.97. The number of carbonyl (C=O) groups is 1. The number of rotatable bonds is 2. The summed E-state index contributed by atoms with van der Waals surface area (Å²) in [6.07, 6.45) is 3.62. The molecular formula is C9H12ClNO2. The molecule has 0 amide bonds. The number of aryl methyl sites for hydroxylation is 1. The number of pyridine rings is 1. The molecule has 1 aromatic rings. The fourth-order valence-electron chi connectivity index (χ4n) is 0.851. The van der Waals surface area contributed by atoms with Crippen LogP contribution < -0.4 is 17.0 Å². The molecule has 0 atom stereocenters. The van der Waals surface area contributed by atoms with Crippen LogP contribution in [0.2, 0.25) is 0 Å². The Labute approximate surface area is 83.7 Å². The fourth-order valence-corrected chi connectivity index (χ4v) is 0.851. The second-order valence-corrected chi connectivity index (χ2v) is 2.47. The molecule has 13 heavy (non-hydrogen) atoms. The molecular weight excluding hydrogens is 190 g/mol. The van der Waals surface area contributed by atoms with Gasteiger partial charge in [-0.2, -0.15) is 0 Å². The molecule has 0 saturated heterocycles. The first-order valence-corrected chi connectivity index (χ1v) is 3.86. The van der Waals surface area contributed by atoms with Crippen LogP contribution in [-0.2, 0) is 11.8 Å². The van der Waals surface area contributed by atoms with Crippen molar-refractivity contribution >= 4 is 5.97 Å². The molecule has 0 aromatic carbocycles. The quantitative estimate of drug-likeness (QED) is 0.398. The molecule has 3 nitrogen and oxygen atoms in total. The van der Waals surface area contributed by atoms with Crippen molar-refractivity contribution in [1.29, 1.82) is 0 Å². The summed E-state index contributed by atoms with van der Waals surface area (Å²) < 4.78 is 6.68. The van der Waals surface area contributed by atoms with Gasteiger partial charge in [0.2, 0.25) is 0 Å². The van der Waals surface area contributed by atoms with Crippen molar-refractivity contribution in [2.24, 2.45) is 7.05 Å². The second-order valence-electron chi connectivity index (χ2n) is 2.47. The molecule has 0 radical (unpaired) electrons. The van der Waals surface area contributed by atoms with Crippen LogP contribution in [0.25, 0.3) is 0 Å². The number of nitrogens with zero attached hydrogens (tertiary/aromatic N) is 1. The summed E-state index contributed by atoms with van der Waals surface area (Å²) in [5.41, 5.74) is 0.593. The molecule has 0 bridgehead atoms. The van der Waals surface area contributed by atoms with Gasteiger partial charge in [-0.1, -0.05) is 0 Å². The van der Waals surface area contributed by atoms with Gasteiger partial charge in [0.1, 0.15) is 7.05 Å². The number of halogens is 1. The lowest BCUT2D eigenvalue weighted by Gasteiger charge is -1.98. The van der Waals surface area contributed by atoms with E-state index in [4.69, 9.17) is 4.74 Å². The van der Waals surface area contributed by atoms with Crippen molar-refractivity contribution in [2.75, 3.05) is 6.61 Å². The van der Waals surface area contributed by atoms with Crippen LogP contribution in [0.5, 0.6) is 0 Å². The standard InChI is InChI=1S/C9H12NO2.ClH/c1-3-12-9(11)8-4-6-10(2)7-5-8;/h4-7H,3H2,1-2H3;1H/q+1;/p-1. The lowest BCUT2D eigenvalue weighted by molar-refractivity contribution is -0.671. The summed E-state index contributed by atoms with van der Waals surface area (Å²) in [6.45, 7) is 2.21. The summed E-state index contributed by atoms with van der Waals surface area (Å²) in [4.78, 5) is 11.1. The van der Waals surface area contributed by atoms with Gasteiger partial charge >= 0.3 is 5.97 Å². The van der Waals surface area contributed by atoms with Gasteiger partial charge < -0.3 is 17.1 Å². The molecule has 0 aliphatic carbocycles. The largest absolute Gasteiger partial charge is 1.00 e. The average molecular weight is 202 g/mol. The van der Waals surface area contributed by atoms with E-state index in [2.05, 4.69) is 0 Å². The maximum Gasteiger partial charge on any atom is 0.338 e. The molecule has 0 fully saturated rings. The SMILES string of the molecule is CCOC(=O)c1cc[n+](C)cc1.[Cl-]. The third kappa shape index (κ3) is 3.42. The molecule has 0 spiro atoms. The van der Waals surface area contributed by atoms with Gasteiger partial charge in [-0.05, 0) is 6.92 Å². The van der Waals surface area contributed by atoms with Crippen molar-refractivity contribution in [1.82, 2.24) is 0 Å². The van der Waals surface area contributed by atoms with Crippen molar-refractivity contribution in [3.63, 3.8) is 0 Å². The lowest BCUT2D eigenvalue weighted by Crippen LogP contribution is -3.00. The highest BCUT2D eigenvalue weighted by molar-refractivity contribution is 5.88. The molecule has 72 valence electrons. The second kappa shape index (κ2) is 5.54. The summed E-state index contributed by atoms with van der Waals surface area (Å²) in [6, 6.07) is 3.47. The Bertz CT molecular complexity index is 271. The van der Waals surface area contributed by atoms with E-state index in [0.717, 1.165) is 0 Å². The minimum absolute atomic E-state index is 0. The Morgan fingerprint density at radius 1 is 1.46 bits per heavy atom. The van der Waals surface area contributed by atoms with E-state index in [0.29, 0.717) is 12.2 Å². The number of hydrogen-bond donors (Lipinski definition) is 0. The summed E-state index contributed by atoms with van der Waals surface area (Å²) in [5.74, 6) is -0.266. The third-order valence-corrected chi connectivity index (χ3v) is 1.49. The van der Waals surface area contributed by atoms with Crippen LogP contribution in [0.3, 0.4) is 0 Å². The molecule has 0 aliphatic rings. The first kappa shape index (κ1) is 11.9. The first-order valence-electron chi connectivity index (χ1n) is 3.86. The third-order valence-electron chi connectivity index (χ3n) is 1.49. The molecule has 0 saturated carbocycles. The minimum atomic E-state index is -0.266. The fraction of sp³-hybridized carbons (Fsp3) is 0.333. The zero-order valence-corrected chi connectivity index (χ0v) is 8.41. The minimum Gasteiger partial charge on any atom is -1.00 e. The van der Waals surface area contributed by atoms with Crippen LogP contribution in [0.1, 0.15) is 17.3 Å². The van der Waals surface area contributed by atoms with Crippen LogP contribution in [-0.4, -0.2) is 12.6 Å². The number of ether oxygens (including phenoxy) is 1. The van der Waals surface area contributed by atoms with Crippen LogP contribution in [0.4, 0.5) is 0 Å². The highest BCUT2D eigenvalue weighted by atomic mass is 35.5. The van der Waals surface area contributed by atoms with Crippen molar-refractivity contribution in [2.45, 2.75) is 6.92 Å². The highest BCUT2D eigenvalue weighted by Crippen LogP contribution is 1.97. The van der Waals surface area contributed by atoms with E-state index in [-0.39, 0.29) is 18.4 Å². The van der Waals surface area contributed by atoms with Gasteiger partial charge in [0.05, 0.1) is 12.2 Å². The Morgan fingerprint density at radius 2 is 2.00 bits per heavy atom. The van der Waals surface area contributed by atoms with Gasteiger partial charge in [-0.3, -0.25) is 0 Å². The van der Waals surface area contributed by atoms with E-state index in [1.807, 2.05) is 24.0 Å². The Balaban J connectivity index is 0.00000144.